The summed E-state index contributed by atoms with van der Waals surface area (Å²) in [7, 11) is 0. The Kier molecular flexibility index (Phi) is 61.7. The molecule has 6 heteroatoms. The molecule has 0 atom stereocenters. The standard InChI is InChI=1S/C32H68N.Au.4BrH/c1-5-9-13-17-21-25-29-33(30-26-22-18-14-10-6-2,31-27-23-19-15-11-7-3)32-28-24-20-16-12-8-4;;;;;/h5-32H2,1-4H3;;4*1H/q+1;+3;;;;/p-4. The van der Waals surface area contributed by atoms with Crippen molar-refractivity contribution in [3.63, 3.8) is 0 Å². The van der Waals surface area contributed by atoms with Crippen molar-refractivity contribution in [3.05, 3.63) is 0 Å². The first kappa shape index (κ1) is 53.2. The molecule has 0 spiro atoms. The van der Waals surface area contributed by atoms with Crippen LogP contribution in [0.25, 0.3) is 0 Å². The fraction of sp³-hybridized carbons (Fsp3) is 1.00. The number of halogens is 4. The summed E-state index contributed by atoms with van der Waals surface area (Å²) in [6.07, 6.45) is 34.8. The Morgan fingerprint density at radius 1 is 0.263 bits per heavy atom. The molecular formula is C32H68AuBr4N. The van der Waals surface area contributed by atoms with Crippen LogP contribution in [0.15, 0.2) is 0 Å². The molecule has 0 aliphatic carbocycles. The van der Waals surface area contributed by atoms with Crippen molar-refractivity contribution in [2.75, 3.05) is 26.2 Å². The number of hydrogen-bond acceptors (Lipinski definition) is 0. The van der Waals surface area contributed by atoms with Crippen LogP contribution in [-0.4, -0.2) is 30.7 Å². The summed E-state index contributed by atoms with van der Waals surface area (Å²) in [6.45, 7) is 15.3. The third-order valence-electron chi connectivity index (χ3n) is 7.94. The Morgan fingerprint density at radius 3 is 0.605 bits per heavy atom. The van der Waals surface area contributed by atoms with E-state index in [0.717, 1.165) is 0 Å². The molecule has 0 aliphatic heterocycles. The van der Waals surface area contributed by atoms with Crippen molar-refractivity contribution in [1.29, 1.82) is 0 Å². The Bertz CT molecular complexity index is 306. The number of rotatable bonds is 28. The second kappa shape index (κ2) is 44.1. The van der Waals surface area contributed by atoms with Crippen molar-refractivity contribution in [3.8, 4) is 0 Å². The number of nitrogens with zero attached hydrogens (tertiary/aromatic N) is 1. The maximum atomic E-state index is 2.34. The molecule has 38 heavy (non-hydrogen) atoms. The van der Waals surface area contributed by atoms with Gasteiger partial charge in [-0.05, 0) is 51.4 Å². The zero-order valence-electron chi connectivity index (χ0n) is 26.1. The zero-order chi connectivity index (χ0) is 24.3. The Hall–Kier alpha value is 2.62. The van der Waals surface area contributed by atoms with E-state index in [1.54, 1.807) is 0 Å². The summed E-state index contributed by atoms with van der Waals surface area (Å²) in [5.74, 6) is 0. The molecule has 0 N–H and O–H groups in total. The molecule has 0 heterocycles. The van der Waals surface area contributed by atoms with Gasteiger partial charge >= 0.3 is 22.4 Å². The van der Waals surface area contributed by atoms with Gasteiger partial charge in [-0.1, -0.05) is 130 Å². The summed E-state index contributed by atoms with van der Waals surface area (Å²) in [5, 5.41) is 0. The summed E-state index contributed by atoms with van der Waals surface area (Å²) in [4.78, 5) is 0. The minimum absolute atomic E-state index is 0. The van der Waals surface area contributed by atoms with Crippen LogP contribution >= 0.6 is 0 Å². The minimum atomic E-state index is 0. The SMILES string of the molecule is CCCCCCCC[N+](CCCCCCCC)(CCCCCCCC)CCCCCCCC.[Au+3].[Br-].[Br-].[Br-].[Br-]. The van der Waals surface area contributed by atoms with Gasteiger partial charge in [0.25, 0.3) is 0 Å². The fourth-order valence-corrected chi connectivity index (χ4v) is 5.58. The van der Waals surface area contributed by atoms with E-state index in [2.05, 4.69) is 27.7 Å². The van der Waals surface area contributed by atoms with Gasteiger partial charge in [-0.25, -0.2) is 0 Å². The van der Waals surface area contributed by atoms with Gasteiger partial charge in [0.05, 0.1) is 26.2 Å². The van der Waals surface area contributed by atoms with Crippen LogP contribution in [0.3, 0.4) is 0 Å². The third kappa shape index (κ3) is 36.6. The zero-order valence-corrected chi connectivity index (χ0v) is 34.6. The quantitative estimate of drug-likeness (QED) is 0.0552. The summed E-state index contributed by atoms with van der Waals surface area (Å²) < 4.78 is 1.48. The maximum Gasteiger partial charge on any atom is 3.00 e. The van der Waals surface area contributed by atoms with E-state index < -0.39 is 0 Å². The summed E-state index contributed by atoms with van der Waals surface area (Å²) in [5.41, 5.74) is 0. The van der Waals surface area contributed by atoms with E-state index in [9.17, 15) is 0 Å². The molecule has 0 radical (unpaired) electrons. The Labute approximate surface area is 300 Å². The van der Waals surface area contributed by atoms with Gasteiger partial charge in [0.15, 0.2) is 0 Å². The molecule has 0 aromatic rings. The van der Waals surface area contributed by atoms with Gasteiger partial charge in [-0.15, -0.1) is 0 Å². The normalized spacial score (nSPS) is 10.4. The number of quaternary nitrogens is 1. The van der Waals surface area contributed by atoms with Crippen LogP contribution in [0.1, 0.15) is 182 Å². The van der Waals surface area contributed by atoms with Crippen molar-refractivity contribution < 1.29 is 94.8 Å². The molecule has 0 saturated heterocycles. The number of unbranched alkanes of at least 4 members (excludes halogenated alkanes) is 20. The van der Waals surface area contributed by atoms with Gasteiger partial charge < -0.3 is 72.4 Å². The molecule has 0 rings (SSSR count). The van der Waals surface area contributed by atoms with Gasteiger partial charge in [0.1, 0.15) is 0 Å². The molecule has 0 unspecified atom stereocenters. The second-order valence-corrected chi connectivity index (χ2v) is 11.3. The Morgan fingerprint density at radius 2 is 0.421 bits per heavy atom. The Balaban J connectivity index is -0.000000512. The van der Waals surface area contributed by atoms with E-state index in [1.807, 2.05) is 0 Å². The van der Waals surface area contributed by atoms with Crippen LogP contribution < -0.4 is 67.9 Å². The van der Waals surface area contributed by atoms with Crippen LogP contribution in [0.5, 0.6) is 0 Å². The second-order valence-electron chi connectivity index (χ2n) is 11.3. The van der Waals surface area contributed by atoms with E-state index >= 15 is 0 Å². The van der Waals surface area contributed by atoms with Crippen LogP contribution in [0.2, 0.25) is 0 Å². The summed E-state index contributed by atoms with van der Waals surface area (Å²) in [6, 6.07) is 0. The van der Waals surface area contributed by atoms with Crippen LogP contribution in [-0.2, 0) is 22.4 Å². The molecule has 1 nitrogen and oxygen atoms in total. The van der Waals surface area contributed by atoms with Crippen molar-refractivity contribution in [2.45, 2.75) is 182 Å². The molecule has 0 aliphatic rings. The summed E-state index contributed by atoms with van der Waals surface area (Å²) >= 11 is 0. The van der Waals surface area contributed by atoms with E-state index in [4.69, 9.17) is 0 Å². The molecule has 0 amide bonds. The van der Waals surface area contributed by atoms with E-state index in [-0.39, 0.29) is 90.3 Å². The molecule has 0 aromatic heterocycles. The fourth-order valence-electron chi connectivity index (χ4n) is 5.58. The molecule has 0 fully saturated rings. The minimum Gasteiger partial charge on any atom is -1.00 e. The van der Waals surface area contributed by atoms with Gasteiger partial charge in [0, 0.05) is 0 Å². The van der Waals surface area contributed by atoms with Gasteiger partial charge in [0.2, 0.25) is 0 Å². The average molecular weight is 983 g/mol. The predicted molar refractivity (Wildman–Crippen MR) is 153 cm³/mol. The smallest absolute Gasteiger partial charge is 1.00 e. The van der Waals surface area contributed by atoms with Crippen molar-refractivity contribution in [1.82, 2.24) is 0 Å². The molecule has 0 saturated carbocycles. The maximum absolute atomic E-state index is 2.34. The van der Waals surface area contributed by atoms with Crippen LogP contribution in [0, 0.1) is 0 Å². The molecular weight excluding hydrogens is 915 g/mol. The topological polar surface area (TPSA) is 0 Å². The first-order chi connectivity index (χ1) is 16.2. The predicted octanol–water partition coefficient (Wildman–Crippen LogP) is -0.741. The van der Waals surface area contributed by atoms with E-state index in [0.29, 0.717) is 0 Å². The molecule has 0 bridgehead atoms. The monoisotopic (exact) mass is 979 g/mol. The molecule has 0 aromatic carbocycles. The number of hydrogen-bond donors (Lipinski definition) is 0. The first-order valence-corrected chi connectivity index (χ1v) is 16.1. The van der Waals surface area contributed by atoms with Crippen molar-refractivity contribution >= 4 is 0 Å². The first-order valence-electron chi connectivity index (χ1n) is 16.1. The van der Waals surface area contributed by atoms with E-state index in [1.165, 1.54) is 185 Å². The van der Waals surface area contributed by atoms with Crippen LogP contribution in [0.4, 0.5) is 0 Å². The molecule has 240 valence electrons. The van der Waals surface area contributed by atoms with Crippen molar-refractivity contribution in [2.24, 2.45) is 0 Å². The van der Waals surface area contributed by atoms with Gasteiger partial charge in [-0.2, -0.15) is 0 Å². The largest absolute Gasteiger partial charge is 3.00 e. The third-order valence-corrected chi connectivity index (χ3v) is 7.94. The van der Waals surface area contributed by atoms with Gasteiger partial charge in [-0.3, -0.25) is 0 Å². The average Bonchev–Trinajstić information content (AvgIpc) is 2.83.